The Morgan fingerprint density at radius 2 is 2.10 bits per heavy atom. The van der Waals surface area contributed by atoms with Crippen LogP contribution in [0.15, 0.2) is 5.38 Å². The molecule has 0 radical (unpaired) electrons. The second-order valence-electron chi connectivity index (χ2n) is 6.75. The number of carbonyl (C=O) groups excluding carboxylic acids is 1. The molecule has 4 rings (SSSR count). The molecule has 3 fully saturated rings. The van der Waals surface area contributed by atoms with Crippen molar-refractivity contribution in [2.24, 2.45) is 29.6 Å². The standard InChI is InChI=1S/C15H21N3OS/c1-18(2)15-17-10(7-20-15)6-16-14(19)13-11-8-3-4-9(5-8)12(11)13/h7-9,11-13H,3-6H2,1-2H3,(H,16,19)/t8-,9-,11-,12+,13?/m0/s1. The van der Waals surface area contributed by atoms with E-state index < -0.39 is 0 Å². The van der Waals surface area contributed by atoms with Crippen LogP contribution >= 0.6 is 11.3 Å². The second-order valence-corrected chi connectivity index (χ2v) is 7.58. The molecular formula is C15H21N3OS. The fraction of sp³-hybridized carbons (Fsp3) is 0.733. The molecule has 0 aliphatic heterocycles. The number of nitrogens with zero attached hydrogens (tertiary/aromatic N) is 2. The van der Waals surface area contributed by atoms with Gasteiger partial charge in [-0.1, -0.05) is 0 Å². The van der Waals surface area contributed by atoms with Gasteiger partial charge in [0.15, 0.2) is 5.13 Å². The van der Waals surface area contributed by atoms with E-state index >= 15 is 0 Å². The highest BCUT2D eigenvalue weighted by atomic mass is 32.1. The number of hydrogen-bond donors (Lipinski definition) is 1. The van der Waals surface area contributed by atoms with Gasteiger partial charge in [-0.2, -0.15) is 0 Å². The summed E-state index contributed by atoms with van der Waals surface area (Å²) >= 11 is 1.62. The number of aromatic nitrogens is 1. The quantitative estimate of drug-likeness (QED) is 0.924. The van der Waals surface area contributed by atoms with Gasteiger partial charge >= 0.3 is 0 Å². The predicted molar refractivity (Wildman–Crippen MR) is 79.6 cm³/mol. The van der Waals surface area contributed by atoms with E-state index in [2.05, 4.69) is 10.3 Å². The van der Waals surface area contributed by atoms with Gasteiger partial charge < -0.3 is 10.2 Å². The molecule has 1 amide bonds. The fourth-order valence-electron chi connectivity index (χ4n) is 4.55. The van der Waals surface area contributed by atoms with E-state index in [-0.39, 0.29) is 5.91 Å². The number of carbonyl (C=O) groups is 1. The SMILES string of the molecule is CN(C)c1nc(CNC(=O)C2[C@@H]3[C@H]4CC[C@@H](C4)[C@H]23)cs1. The lowest BCUT2D eigenvalue weighted by molar-refractivity contribution is -0.123. The normalized spacial score (nSPS) is 36.8. The number of fused-ring (bicyclic) bond motifs is 5. The number of hydrogen-bond acceptors (Lipinski definition) is 4. The Balaban J connectivity index is 1.33. The largest absolute Gasteiger partial charge is 0.354 e. The summed E-state index contributed by atoms with van der Waals surface area (Å²) in [7, 11) is 3.98. The molecule has 3 aliphatic carbocycles. The van der Waals surface area contributed by atoms with Gasteiger partial charge in [0, 0.05) is 25.4 Å². The molecule has 1 aromatic heterocycles. The van der Waals surface area contributed by atoms with E-state index in [0.717, 1.165) is 34.5 Å². The van der Waals surface area contributed by atoms with Crippen LogP contribution in [-0.2, 0) is 11.3 Å². The Bertz CT molecular complexity index is 525. The molecule has 0 spiro atoms. The summed E-state index contributed by atoms with van der Waals surface area (Å²) in [4.78, 5) is 18.8. The van der Waals surface area contributed by atoms with Crippen LogP contribution in [0.4, 0.5) is 5.13 Å². The number of amides is 1. The first-order valence-electron chi connectivity index (χ1n) is 7.54. The zero-order valence-corrected chi connectivity index (χ0v) is 12.8. The lowest BCUT2D eigenvalue weighted by Gasteiger charge is -2.09. The smallest absolute Gasteiger partial charge is 0.224 e. The summed E-state index contributed by atoms with van der Waals surface area (Å²) in [6.45, 7) is 0.578. The summed E-state index contributed by atoms with van der Waals surface area (Å²) in [6.07, 6.45) is 4.14. The first-order chi connectivity index (χ1) is 9.65. The molecule has 20 heavy (non-hydrogen) atoms. The molecule has 1 heterocycles. The van der Waals surface area contributed by atoms with Gasteiger partial charge in [0.2, 0.25) is 5.91 Å². The average molecular weight is 291 g/mol. The van der Waals surface area contributed by atoms with E-state index in [0.29, 0.717) is 12.5 Å². The van der Waals surface area contributed by atoms with Crippen molar-refractivity contribution >= 4 is 22.4 Å². The van der Waals surface area contributed by atoms with Crippen LogP contribution in [0.1, 0.15) is 25.0 Å². The molecule has 1 unspecified atom stereocenters. The Labute approximate surface area is 123 Å². The minimum atomic E-state index is 0.274. The molecule has 4 nitrogen and oxygen atoms in total. The molecule has 1 N–H and O–H groups in total. The van der Waals surface area contributed by atoms with Crippen LogP contribution in [-0.4, -0.2) is 25.0 Å². The maximum absolute atomic E-state index is 12.3. The molecule has 0 aromatic carbocycles. The minimum absolute atomic E-state index is 0.274. The first-order valence-corrected chi connectivity index (χ1v) is 8.42. The monoisotopic (exact) mass is 291 g/mol. The zero-order valence-electron chi connectivity index (χ0n) is 12.0. The van der Waals surface area contributed by atoms with E-state index in [9.17, 15) is 4.79 Å². The van der Waals surface area contributed by atoms with Crippen molar-refractivity contribution < 1.29 is 4.79 Å². The lowest BCUT2D eigenvalue weighted by Crippen LogP contribution is -2.27. The fourth-order valence-corrected chi connectivity index (χ4v) is 5.31. The molecule has 0 saturated heterocycles. The van der Waals surface area contributed by atoms with Crippen molar-refractivity contribution in [2.75, 3.05) is 19.0 Å². The van der Waals surface area contributed by atoms with E-state index in [1.54, 1.807) is 11.3 Å². The third kappa shape index (κ3) is 1.86. The van der Waals surface area contributed by atoms with E-state index in [1.165, 1.54) is 19.3 Å². The van der Waals surface area contributed by atoms with Crippen LogP contribution in [0, 0.1) is 29.6 Å². The van der Waals surface area contributed by atoms with Crippen molar-refractivity contribution in [3.05, 3.63) is 11.1 Å². The average Bonchev–Trinajstić information content (AvgIpc) is 2.84. The van der Waals surface area contributed by atoms with Crippen molar-refractivity contribution in [1.29, 1.82) is 0 Å². The highest BCUT2D eigenvalue weighted by molar-refractivity contribution is 7.13. The molecule has 108 valence electrons. The summed E-state index contributed by atoms with van der Waals surface area (Å²) in [5.41, 5.74) is 0.973. The maximum Gasteiger partial charge on any atom is 0.224 e. The van der Waals surface area contributed by atoms with E-state index in [4.69, 9.17) is 0 Å². The van der Waals surface area contributed by atoms with Crippen molar-refractivity contribution in [3.63, 3.8) is 0 Å². The Hall–Kier alpha value is -1.10. The molecule has 3 saturated carbocycles. The van der Waals surface area contributed by atoms with Crippen LogP contribution < -0.4 is 10.2 Å². The highest BCUT2D eigenvalue weighted by Crippen LogP contribution is 2.69. The highest BCUT2D eigenvalue weighted by Gasteiger charge is 2.67. The summed E-state index contributed by atoms with van der Waals surface area (Å²) < 4.78 is 0. The number of rotatable bonds is 4. The maximum atomic E-state index is 12.3. The second kappa shape index (κ2) is 4.45. The van der Waals surface area contributed by atoms with Crippen molar-refractivity contribution in [2.45, 2.75) is 25.8 Å². The van der Waals surface area contributed by atoms with Gasteiger partial charge in [-0.05, 0) is 42.9 Å². The molecule has 3 aliphatic rings. The Kier molecular flexibility index (Phi) is 2.81. The van der Waals surface area contributed by atoms with Gasteiger partial charge in [0.1, 0.15) is 0 Å². The Morgan fingerprint density at radius 3 is 2.70 bits per heavy atom. The van der Waals surface area contributed by atoms with Crippen LogP contribution in [0.2, 0.25) is 0 Å². The van der Waals surface area contributed by atoms with Crippen molar-refractivity contribution in [1.82, 2.24) is 10.3 Å². The summed E-state index contributed by atoms with van der Waals surface area (Å²) in [5, 5.41) is 6.13. The van der Waals surface area contributed by atoms with Gasteiger partial charge in [-0.15, -0.1) is 11.3 Å². The van der Waals surface area contributed by atoms with Crippen LogP contribution in [0.25, 0.3) is 0 Å². The number of anilines is 1. The molecule has 5 heteroatoms. The predicted octanol–water partition coefficient (Wildman–Crippen LogP) is 2.12. The van der Waals surface area contributed by atoms with Gasteiger partial charge in [-0.25, -0.2) is 4.98 Å². The van der Waals surface area contributed by atoms with Gasteiger partial charge in [-0.3, -0.25) is 4.79 Å². The van der Waals surface area contributed by atoms with Crippen molar-refractivity contribution in [3.8, 4) is 0 Å². The minimum Gasteiger partial charge on any atom is -0.354 e. The third-order valence-electron chi connectivity index (χ3n) is 5.40. The van der Waals surface area contributed by atoms with Crippen LogP contribution in [0.3, 0.4) is 0 Å². The zero-order chi connectivity index (χ0) is 13.9. The van der Waals surface area contributed by atoms with Gasteiger partial charge in [0.05, 0.1) is 12.2 Å². The van der Waals surface area contributed by atoms with Crippen LogP contribution in [0.5, 0.6) is 0 Å². The third-order valence-corrected chi connectivity index (χ3v) is 6.46. The molecule has 1 aromatic rings. The topological polar surface area (TPSA) is 45.2 Å². The number of nitrogens with one attached hydrogen (secondary N) is 1. The number of thiazole rings is 1. The van der Waals surface area contributed by atoms with E-state index in [1.807, 2.05) is 24.4 Å². The summed E-state index contributed by atoms with van der Waals surface area (Å²) in [6, 6.07) is 0. The molecule has 5 atom stereocenters. The molecular weight excluding hydrogens is 270 g/mol. The lowest BCUT2D eigenvalue weighted by atomic mass is 10.0. The first kappa shape index (κ1) is 12.6. The van der Waals surface area contributed by atoms with Gasteiger partial charge in [0.25, 0.3) is 0 Å². The molecule has 2 bridgehead atoms. The Morgan fingerprint density at radius 1 is 1.40 bits per heavy atom. The summed E-state index contributed by atoms with van der Waals surface area (Å²) in [5.74, 6) is 3.77.